The highest BCUT2D eigenvalue weighted by atomic mass is 32.2. The predicted octanol–water partition coefficient (Wildman–Crippen LogP) is 1.07. The molecule has 0 aliphatic carbocycles. The van der Waals surface area contributed by atoms with Crippen molar-refractivity contribution in [1.82, 2.24) is 4.98 Å². The van der Waals surface area contributed by atoms with Gasteiger partial charge in [-0.1, -0.05) is 6.07 Å². The Morgan fingerprint density at radius 1 is 1.47 bits per heavy atom. The SMILES string of the molecule is CS(=O)(=O)Cc1nc2c(C(=O)O)cccc2o1. The Balaban J connectivity index is 2.58. The Morgan fingerprint density at radius 3 is 2.76 bits per heavy atom. The van der Waals surface area contributed by atoms with Crippen molar-refractivity contribution in [2.75, 3.05) is 6.26 Å². The summed E-state index contributed by atoms with van der Waals surface area (Å²) in [5.41, 5.74) is 0.424. The Labute approximate surface area is 96.8 Å². The summed E-state index contributed by atoms with van der Waals surface area (Å²) in [7, 11) is -3.26. The van der Waals surface area contributed by atoms with E-state index < -0.39 is 15.8 Å². The molecule has 0 atom stereocenters. The van der Waals surface area contributed by atoms with Gasteiger partial charge in [-0.3, -0.25) is 0 Å². The van der Waals surface area contributed by atoms with Crippen molar-refractivity contribution < 1.29 is 22.7 Å². The van der Waals surface area contributed by atoms with Crippen LogP contribution < -0.4 is 0 Å². The van der Waals surface area contributed by atoms with Gasteiger partial charge in [0.2, 0.25) is 5.89 Å². The molecular weight excluding hydrogens is 246 g/mol. The molecule has 6 nitrogen and oxygen atoms in total. The number of carboxylic acids is 1. The number of benzene rings is 1. The average molecular weight is 255 g/mol. The second-order valence-electron chi connectivity index (χ2n) is 3.64. The molecule has 0 aliphatic rings. The summed E-state index contributed by atoms with van der Waals surface area (Å²) in [4.78, 5) is 14.8. The number of hydrogen-bond donors (Lipinski definition) is 1. The number of sulfone groups is 1. The predicted molar refractivity (Wildman–Crippen MR) is 59.5 cm³/mol. The number of hydrogen-bond acceptors (Lipinski definition) is 5. The smallest absolute Gasteiger partial charge is 0.338 e. The number of fused-ring (bicyclic) bond motifs is 1. The molecule has 0 saturated carbocycles. The molecule has 1 heterocycles. The van der Waals surface area contributed by atoms with Crippen molar-refractivity contribution in [2.45, 2.75) is 5.75 Å². The second kappa shape index (κ2) is 3.85. The molecule has 90 valence electrons. The molecule has 1 aromatic heterocycles. The summed E-state index contributed by atoms with van der Waals surface area (Å²) in [5, 5.41) is 8.92. The van der Waals surface area contributed by atoms with Crippen molar-refractivity contribution in [3.63, 3.8) is 0 Å². The van der Waals surface area contributed by atoms with Crippen molar-refractivity contribution in [3.8, 4) is 0 Å². The first-order chi connectivity index (χ1) is 7.87. The Hall–Kier alpha value is -1.89. The van der Waals surface area contributed by atoms with Crippen LogP contribution in [0.3, 0.4) is 0 Å². The topological polar surface area (TPSA) is 97.5 Å². The minimum atomic E-state index is -3.26. The van der Waals surface area contributed by atoms with Crippen molar-refractivity contribution in [3.05, 3.63) is 29.7 Å². The third kappa shape index (κ3) is 2.44. The molecule has 0 spiro atoms. The van der Waals surface area contributed by atoms with E-state index in [0.717, 1.165) is 6.26 Å². The van der Waals surface area contributed by atoms with Gasteiger partial charge in [-0.15, -0.1) is 0 Å². The van der Waals surface area contributed by atoms with E-state index in [1.54, 1.807) is 6.07 Å². The van der Waals surface area contributed by atoms with Gasteiger partial charge in [-0.2, -0.15) is 0 Å². The van der Waals surface area contributed by atoms with E-state index in [1.807, 2.05) is 0 Å². The molecule has 0 unspecified atom stereocenters. The maximum atomic E-state index is 11.1. The second-order valence-corrected chi connectivity index (χ2v) is 5.78. The van der Waals surface area contributed by atoms with Crippen molar-refractivity contribution >= 4 is 26.9 Å². The van der Waals surface area contributed by atoms with Crippen LogP contribution in [0.1, 0.15) is 16.2 Å². The van der Waals surface area contributed by atoms with E-state index in [4.69, 9.17) is 9.52 Å². The number of nitrogens with zero attached hydrogens (tertiary/aromatic N) is 1. The zero-order valence-electron chi connectivity index (χ0n) is 8.87. The van der Waals surface area contributed by atoms with Crippen LogP contribution in [-0.2, 0) is 15.6 Å². The fraction of sp³-hybridized carbons (Fsp3) is 0.200. The molecule has 0 radical (unpaired) electrons. The molecule has 0 aliphatic heterocycles. The van der Waals surface area contributed by atoms with E-state index in [9.17, 15) is 13.2 Å². The third-order valence-corrected chi connectivity index (χ3v) is 2.85. The quantitative estimate of drug-likeness (QED) is 0.881. The average Bonchev–Trinajstić information content (AvgIpc) is 2.55. The number of carboxylic acid groups (broad SMARTS) is 1. The van der Waals surface area contributed by atoms with Gasteiger partial charge in [0.15, 0.2) is 15.4 Å². The molecule has 0 fully saturated rings. The maximum absolute atomic E-state index is 11.1. The summed E-state index contributed by atoms with van der Waals surface area (Å²) in [5.74, 6) is -1.48. The van der Waals surface area contributed by atoms with E-state index >= 15 is 0 Å². The van der Waals surface area contributed by atoms with E-state index in [1.165, 1.54) is 12.1 Å². The zero-order valence-corrected chi connectivity index (χ0v) is 9.69. The maximum Gasteiger partial charge on any atom is 0.338 e. The molecule has 0 amide bonds. The summed E-state index contributed by atoms with van der Waals surface area (Å²) in [6, 6.07) is 4.44. The molecule has 0 saturated heterocycles. The third-order valence-electron chi connectivity index (χ3n) is 2.08. The van der Waals surface area contributed by atoms with E-state index in [2.05, 4.69) is 4.98 Å². The van der Waals surface area contributed by atoms with Crippen LogP contribution in [0.15, 0.2) is 22.6 Å². The summed E-state index contributed by atoms with van der Waals surface area (Å²) < 4.78 is 27.3. The molecule has 0 bridgehead atoms. The fourth-order valence-corrected chi connectivity index (χ4v) is 2.03. The van der Waals surface area contributed by atoms with E-state index in [0.29, 0.717) is 0 Å². The van der Waals surface area contributed by atoms with Gasteiger partial charge < -0.3 is 9.52 Å². The van der Waals surface area contributed by atoms with Crippen molar-refractivity contribution in [1.29, 1.82) is 0 Å². The Bertz CT molecular complexity index is 686. The van der Waals surface area contributed by atoms with Crippen LogP contribution in [-0.4, -0.2) is 30.7 Å². The number of para-hydroxylation sites is 1. The highest BCUT2D eigenvalue weighted by molar-refractivity contribution is 7.89. The number of rotatable bonds is 3. The summed E-state index contributed by atoms with van der Waals surface area (Å²) in [6.45, 7) is 0. The highest BCUT2D eigenvalue weighted by Crippen LogP contribution is 2.20. The lowest BCUT2D eigenvalue weighted by molar-refractivity contribution is 0.0699. The lowest BCUT2D eigenvalue weighted by Crippen LogP contribution is -2.01. The van der Waals surface area contributed by atoms with Crippen LogP contribution >= 0.6 is 0 Å². The first-order valence-electron chi connectivity index (χ1n) is 4.66. The largest absolute Gasteiger partial charge is 0.478 e. The van der Waals surface area contributed by atoms with Gasteiger partial charge in [0, 0.05) is 6.26 Å². The molecular formula is C10H9NO5S. The number of aromatic nitrogens is 1. The van der Waals surface area contributed by atoms with Gasteiger partial charge in [0.05, 0.1) is 5.56 Å². The van der Waals surface area contributed by atoms with Gasteiger partial charge in [0.25, 0.3) is 0 Å². The number of carbonyl (C=O) groups is 1. The minimum absolute atomic E-state index is 0.00352. The van der Waals surface area contributed by atoms with E-state index in [-0.39, 0.29) is 28.3 Å². The van der Waals surface area contributed by atoms with Crippen LogP contribution in [0.4, 0.5) is 0 Å². The van der Waals surface area contributed by atoms with Gasteiger partial charge in [0.1, 0.15) is 11.3 Å². The summed E-state index contributed by atoms with van der Waals surface area (Å²) in [6.07, 6.45) is 1.06. The van der Waals surface area contributed by atoms with Crippen LogP contribution in [0.5, 0.6) is 0 Å². The Kier molecular flexibility index (Phi) is 2.62. The number of oxazole rings is 1. The van der Waals surface area contributed by atoms with Gasteiger partial charge in [-0.25, -0.2) is 18.2 Å². The lowest BCUT2D eigenvalue weighted by atomic mass is 10.2. The first kappa shape index (κ1) is 11.6. The van der Waals surface area contributed by atoms with Gasteiger partial charge in [-0.05, 0) is 12.1 Å². The normalized spacial score (nSPS) is 11.8. The fourth-order valence-electron chi connectivity index (χ4n) is 1.45. The van der Waals surface area contributed by atoms with Crippen LogP contribution in [0.25, 0.3) is 11.1 Å². The molecule has 2 rings (SSSR count). The lowest BCUT2D eigenvalue weighted by Gasteiger charge is -1.92. The van der Waals surface area contributed by atoms with Gasteiger partial charge >= 0.3 is 5.97 Å². The zero-order chi connectivity index (χ0) is 12.6. The number of aromatic carboxylic acids is 1. The molecule has 2 aromatic rings. The standard InChI is InChI=1S/C10H9NO5S/c1-17(14,15)5-8-11-9-6(10(12)13)3-2-4-7(9)16-8/h2-4H,5H2,1H3,(H,12,13). The van der Waals surface area contributed by atoms with Crippen LogP contribution in [0, 0.1) is 0 Å². The van der Waals surface area contributed by atoms with Crippen LogP contribution in [0.2, 0.25) is 0 Å². The minimum Gasteiger partial charge on any atom is -0.478 e. The molecule has 7 heteroatoms. The first-order valence-corrected chi connectivity index (χ1v) is 6.72. The highest BCUT2D eigenvalue weighted by Gasteiger charge is 2.16. The summed E-state index contributed by atoms with van der Waals surface area (Å²) >= 11 is 0. The molecule has 1 aromatic carbocycles. The monoisotopic (exact) mass is 255 g/mol. The molecule has 17 heavy (non-hydrogen) atoms. The molecule has 1 N–H and O–H groups in total. The Morgan fingerprint density at radius 2 is 2.18 bits per heavy atom. The van der Waals surface area contributed by atoms with Crippen molar-refractivity contribution in [2.24, 2.45) is 0 Å².